The highest BCUT2D eigenvalue weighted by Gasteiger charge is 2.32. The molecule has 1 aliphatic heterocycles. The number of nitrogens with one attached hydrogen (secondary N) is 2. The molecule has 27 heavy (non-hydrogen) atoms. The van der Waals surface area contributed by atoms with Crippen LogP contribution in [0, 0.1) is 0 Å². The van der Waals surface area contributed by atoms with Crippen molar-refractivity contribution in [1.29, 1.82) is 0 Å². The van der Waals surface area contributed by atoms with Gasteiger partial charge in [-0.25, -0.2) is 4.99 Å². The minimum atomic E-state index is -0.485. The lowest BCUT2D eigenvalue weighted by Gasteiger charge is -2.11. The van der Waals surface area contributed by atoms with E-state index in [4.69, 9.17) is 0 Å². The first kappa shape index (κ1) is 16.8. The van der Waals surface area contributed by atoms with E-state index in [1.54, 1.807) is 12.4 Å². The van der Waals surface area contributed by atoms with Gasteiger partial charge in [0.25, 0.3) is 11.8 Å². The second-order valence-electron chi connectivity index (χ2n) is 6.50. The van der Waals surface area contributed by atoms with E-state index in [0.717, 1.165) is 22.2 Å². The average Bonchev–Trinajstić information content (AvgIpc) is 3.20. The van der Waals surface area contributed by atoms with Crippen LogP contribution < -0.4 is 10.2 Å². The van der Waals surface area contributed by atoms with Crippen molar-refractivity contribution in [2.75, 3.05) is 19.0 Å². The topological polar surface area (TPSA) is 77.6 Å². The molecule has 2 N–H and O–H groups in total. The highest BCUT2D eigenvalue weighted by atomic mass is 16.2. The van der Waals surface area contributed by atoms with Crippen molar-refractivity contribution in [3.05, 3.63) is 71.6 Å². The summed E-state index contributed by atoms with van der Waals surface area (Å²) in [6.07, 6.45) is 3.33. The highest BCUT2D eigenvalue weighted by molar-refractivity contribution is 6.37. The molecule has 2 aromatic carbocycles. The second-order valence-corrected chi connectivity index (χ2v) is 6.50. The van der Waals surface area contributed by atoms with Gasteiger partial charge in [-0.1, -0.05) is 30.3 Å². The third kappa shape index (κ3) is 3.01. The summed E-state index contributed by atoms with van der Waals surface area (Å²) in [5, 5.41) is 3.22. The molecular weight excluding hydrogens is 340 g/mol. The molecule has 0 saturated carbocycles. The van der Waals surface area contributed by atoms with Gasteiger partial charge in [0.05, 0.1) is 5.57 Å². The number of hydrogen-bond donors (Lipinski definition) is 2. The molecule has 4 rings (SSSR count). The minimum Gasteiger partial charge on any atom is -0.378 e. The van der Waals surface area contributed by atoms with Crippen molar-refractivity contribution in [2.24, 2.45) is 4.99 Å². The summed E-state index contributed by atoms with van der Waals surface area (Å²) in [5.74, 6) is -0.915. The van der Waals surface area contributed by atoms with Crippen LogP contribution in [0.15, 0.2) is 65.4 Å². The molecule has 0 unspecified atom stereocenters. The monoisotopic (exact) mass is 358 g/mol. The van der Waals surface area contributed by atoms with Crippen LogP contribution >= 0.6 is 0 Å². The lowest BCUT2D eigenvalue weighted by Crippen LogP contribution is -2.22. The van der Waals surface area contributed by atoms with Gasteiger partial charge in [-0.15, -0.1) is 0 Å². The standard InChI is InChI=1S/C21H18N4O2/c1-25(2)14-9-7-13(8-10-14)11-23-19-18(20(26)24-21(19)27)16-12-22-17-6-4-3-5-15(16)17/h3-12,22H,1-2H3,(H,24,26,27). The van der Waals surface area contributed by atoms with E-state index >= 15 is 0 Å². The predicted molar refractivity (Wildman–Crippen MR) is 107 cm³/mol. The number of aromatic nitrogens is 1. The SMILES string of the molecule is CN(C)c1ccc(C=NC2=C(c3c[nH]c4ccccc34)C(=O)NC2=O)cc1. The lowest BCUT2D eigenvalue weighted by atomic mass is 10.0. The number of fused-ring (bicyclic) bond motifs is 1. The maximum absolute atomic E-state index is 12.4. The molecular formula is C21H18N4O2. The molecule has 0 atom stereocenters. The van der Waals surface area contributed by atoms with Crippen molar-refractivity contribution in [3.8, 4) is 0 Å². The average molecular weight is 358 g/mol. The molecule has 2 amide bonds. The molecule has 134 valence electrons. The number of carbonyl (C=O) groups excluding carboxylic acids is 2. The predicted octanol–water partition coefficient (Wildman–Crippen LogP) is 2.72. The molecule has 6 heteroatoms. The maximum atomic E-state index is 12.4. The largest absolute Gasteiger partial charge is 0.378 e. The Morgan fingerprint density at radius 1 is 0.963 bits per heavy atom. The van der Waals surface area contributed by atoms with Crippen LogP contribution in [-0.4, -0.2) is 37.1 Å². The van der Waals surface area contributed by atoms with E-state index in [9.17, 15) is 9.59 Å². The number of H-pyrrole nitrogens is 1. The van der Waals surface area contributed by atoms with E-state index in [2.05, 4.69) is 15.3 Å². The lowest BCUT2D eigenvalue weighted by molar-refractivity contribution is -0.123. The molecule has 0 spiro atoms. The first-order chi connectivity index (χ1) is 13.0. The van der Waals surface area contributed by atoms with Gasteiger partial charge >= 0.3 is 0 Å². The zero-order valence-corrected chi connectivity index (χ0v) is 15.0. The Morgan fingerprint density at radius 2 is 1.70 bits per heavy atom. The van der Waals surface area contributed by atoms with Gasteiger partial charge in [0.1, 0.15) is 5.70 Å². The molecule has 0 radical (unpaired) electrons. The van der Waals surface area contributed by atoms with Gasteiger partial charge in [0, 0.05) is 48.7 Å². The van der Waals surface area contributed by atoms with Gasteiger partial charge < -0.3 is 9.88 Å². The van der Waals surface area contributed by atoms with Crippen LogP contribution in [0.4, 0.5) is 5.69 Å². The van der Waals surface area contributed by atoms with Gasteiger partial charge in [0.2, 0.25) is 0 Å². The van der Waals surface area contributed by atoms with Crippen LogP contribution in [0.3, 0.4) is 0 Å². The fourth-order valence-electron chi connectivity index (χ4n) is 3.09. The number of nitrogens with zero attached hydrogens (tertiary/aromatic N) is 2. The van der Waals surface area contributed by atoms with E-state index in [0.29, 0.717) is 11.1 Å². The Kier molecular flexibility index (Phi) is 4.08. The van der Waals surface area contributed by atoms with E-state index in [-0.39, 0.29) is 5.70 Å². The number of imide groups is 1. The van der Waals surface area contributed by atoms with Crippen molar-refractivity contribution in [3.63, 3.8) is 0 Å². The number of aliphatic imine (C=N–C) groups is 1. The molecule has 0 aliphatic carbocycles. The molecule has 1 aromatic heterocycles. The Morgan fingerprint density at radius 3 is 2.44 bits per heavy atom. The van der Waals surface area contributed by atoms with Gasteiger partial charge in [-0.3, -0.25) is 14.9 Å². The number of para-hydroxylation sites is 1. The van der Waals surface area contributed by atoms with Gasteiger partial charge in [0.15, 0.2) is 0 Å². The van der Waals surface area contributed by atoms with E-state index in [1.165, 1.54) is 0 Å². The van der Waals surface area contributed by atoms with Crippen LogP contribution in [0.1, 0.15) is 11.1 Å². The van der Waals surface area contributed by atoms with Crippen molar-refractivity contribution < 1.29 is 9.59 Å². The zero-order valence-electron chi connectivity index (χ0n) is 15.0. The number of rotatable bonds is 4. The number of amides is 2. The third-order valence-corrected chi connectivity index (χ3v) is 4.52. The summed E-state index contributed by atoms with van der Waals surface area (Å²) in [6.45, 7) is 0. The summed E-state index contributed by atoms with van der Waals surface area (Å²) in [6, 6.07) is 15.4. The number of anilines is 1. The molecule has 6 nitrogen and oxygen atoms in total. The van der Waals surface area contributed by atoms with Crippen molar-refractivity contribution >= 4 is 40.2 Å². The van der Waals surface area contributed by atoms with Gasteiger partial charge in [-0.2, -0.15) is 0 Å². The highest BCUT2D eigenvalue weighted by Crippen LogP contribution is 2.30. The van der Waals surface area contributed by atoms with Crippen LogP contribution in [-0.2, 0) is 9.59 Å². The summed E-state index contributed by atoms with van der Waals surface area (Å²) >= 11 is 0. The fourth-order valence-corrected chi connectivity index (χ4v) is 3.09. The number of carbonyl (C=O) groups is 2. The molecule has 0 fully saturated rings. The maximum Gasteiger partial charge on any atom is 0.277 e. The smallest absolute Gasteiger partial charge is 0.277 e. The minimum absolute atomic E-state index is 0.126. The summed E-state index contributed by atoms with van der Waals surface area (Å²) in [4.78, 5) is 34.1. The Hall–Kier alpha value is -3.67. The first-order valence-electron chi connectivity index (χ1n) is 8.52. The first-order valence-corrected chi connectivity index (χ1v) is 8.52. The van der Waals surface area contributed by atoms with Crippen LogP contribution in [0.2, 0.25) is 0 Å². The van der Waals surface area contributed by atoms with E-state index < -0.39 is 11.8 Å². The molecule has 0 bridgehead atoms. The Balaban J connectivity index is 1.76. The molecule has 0 saturated heterocycles. The second kappa shape index (κ2) is 6.57. The zero-order chi connectivity index (χ0) is 19.0. The van der Waals surface area contributed by atoms with E-state index in [1.807, 2.05) is 67.5 Å². The van der Waals surface area contributed by atoms with Crippen LogP contribution in [0.25, 0.3) is 16.5 Å². The fraction of sp³-hybridized carbons (Fsp3) is 0.0952. The molecule has 2 heterocycles. The molecule has 3 aromatic rings. The van der Waals surface area contributed by atoms with Crippen molar-refractivity contribution in [1.82, 2.24) is 10.3 Å². The number of hydrogen-bond acceptors (Lipinski definition) is 4. The Bertz CT molecular complexity index is 1100. The number of aromatic amines is 1. The number of benzene rings is 2. The van der Waals surface area contributed by atoms with Crippen molar-refractivity contribution in [2.45, 2.75) is 0 Å². The molecule has 1 aliphatic rings. The van der Waals surface area contributed by atoms with Crippen LogP contribution in [0.5, 0.6) is 0 Å². The van der Waals surface area contributed by atoms with Gasteiger partial charge in [-0.05, 0) is 23.8 Å². The summed E-state index contributed by atoms with van der Waals surface area (Å²) < 4.78 is 0. The Labute approximate surface area is 156 Å². The summed E-state index contributed by atoms with van der Waals surface area (Å²) in [7, 11) is 3.94. The summed E-state index contributed by atoms with van der Waals surface area (Å²) in [5.41, 5.74) is 3.90. The third-order valence-electron chi connectivity index (χ3n) is 4.52. The quantitative estimate of drug-likeness (QED) is 0.556. The normalized spacial score (nSPS) is 14.4.